The van der Waals surface area contributed by atoms with E-state index in [1.807, 2.05) is 31.2 Å². The maximum atomic E-state index is 12.6. The normalized spacial score (nSPS) is 14.6. The van der Waals surface area contributed by atoms with Crippen LogP contribution in [-0.2, 0) is 16.4 Å². The van der Waals surface area contributed by atoms with Gasteiger partial charge in [-0.15, -0.1) is 0 Å². The van der Waals surface area contributed by atoms with Crippen molar-refractivity contribution in [3.05, 3.63) is 48.0 Å². The number of hydrogen-bond donors (Lipinski definition) is 1. The average Bonchev–Trinajstić information content (AvgIpc) is 3.16. The molecule has 1 fully saturated rings. The first-order valence-electron chi connectivity index (χ1n) is 8.58. The number of nitrogens with one attached hydrogen (secondary N) is 1. The van der Waals surface area contributed by atoms with E-state index in [0.29, 0.717) is 17.9 Å². The van der Waals surface area contributed by atoms with Gasteiger partial charge in [-0.3, -0.25) is 4.72 Å². The molecule has 0 bridgehead atoms. The number of benzene rings is 2. The van der Waals surface area contributed by atoms with Crippen LogP contribution in [0.25, 0.3) is 0 Å². The van der Waals surface area contributed by atoms with Gasteiger partial charge in [-0.1, -0.05) is 6.92 Å². The van der Waals surface area contributed by atoms with E-state index >= 15 is 0 Å². The standard InChI is InChI=1S/C19H24N2O3S/c1-3-15-14-18(10-11-19(15)24-2)25(22,23)20-16-6-8-17(9-7-16)21-12-4-5-13-21/h6-11,14,20H,3-5,12-13H2,1-2H3. The molecule has 0 amide bonds. The highest BCUT2D eigenvalue weighted by molar-refractivity contribution is 7.92. The van der Waals surface area contributed by atoms with Gasteiger partial charge in [0.05, 0.1) is 12.0 Å². The van der Waals surface area contributed by atoms with Crippen LogP contribution in [0.15, 0.2) is 47.4 Å². The molecule has 1 aliphatic heterocycles. The molecule has 0 aromatic heterocycles. The predicted octanol–water partition coefficient (Wildman–Crippen LogP) is 3.66. The molecule has 6 heteroatoms. The number of nitrogens with zero attached hydrogens (tertiary/aromatic N) is 1. The van der Waals surface area contributed by atoms with Gasteiger partial charge < -0.3 is 9.64 Å². The molecule has 1 aliphatic rings. The van der Waals surface area contributed by atoms with Gasteiger partial charge in [0, 0.05) is 24.5 Å². The van der Waals surface area contributed by atoms with E-state index in [2.05, 4.69) is 9.62 Å². The number of rotatable bonds is 6. The van der Waals surface area contributed by atoms with Crippen LogP contribution in [0.3, 0.4) is 0 Å². The Morgan fingerprint density at radius 2 is 1.76 bits per heavy atom. The largest absolute Gasteiger partial charge is 0.496 e. The van der Waals surface area contributed by atoms with E-state index in [4.69, 9.17) is 4.74 Å². The summed E-state index contributed by atoms with van der Waals surface area (Å²) in [4.78, 5) is 2.56. The smallest absolute Gasteiger partial charge is 0.261 e. The lowest BCUT2D eigenvalue weighted by atomic mass is 10.1. The first kappa shape index (κ1) is 17.6. The van der Waals surface area contributed by atoms with Crippen molar-refractivity contribution in [1.82, 2.24) is 0 Å². The van der Waals surface area contributed by atoms with Crippen molar-refractivity contribution in [2.75, 3.05) is 29.8 Å². The highest BCUT2D eigenvalue weighted by atomic mass is 32.2. The second-order valence-corrected chi connectivity index (χ2v) is 7.86. The van der Waals surface area contributed by atoms with E-state index < -0.39 is 10.0 Å². The lowest BCUT2D eigenvalue weighted by Crippen LogP contribution is -2.17. The van der Waals surface area contributed by atoms with E-state index in [-0.39, 0.29) is 4.90 Å². The summed E-state index contributed by atoms with van der Waals surface area (Å²) in [6, 6.07) is 12.5. The van der Waals surface area contributed by atoms with Crippen LogP contribution in [0, 0.1) is 0 Å². The summed E-state index contributed by atoms with van der Waals surface area (Å²) in [7, 11) is -2.04. The molecular formula is C19H24N2O3S. The first-order valence-corrected chi connectivity index (χ1v) is 10.1. The molecule has 0 atom stereocenters. The Bertz CT molecular complexity index is 826. The summed E-state index contributed by atoms with van der Waals surface area (Å²) < 4.78 is 33.2. The fraction of sp³-hybridized carbons (Fsp3) is 0.368. The molecule has 1 N–H and O–H groups in total. The van der Waals surface area contributed by atoms with Crippen LogP contribution in [0.5, 0.6) is 5.75 Å². The molecule has 0 aliphatic carbocycles. The summed E-state index contributed by atoms with van der Waals surface area (Å²) >= 11 is 0. The zero-order chi connectivity index (χ0) is 17.9. The summed E-state index contributed by atoms with van der Waals surface area (Å²) in [5.74, 6) is 0.705. The maximum absolute atomic E-state index is 12.6. The summed E-state index contributed by atoms with van der Waals surface area (Å²) in [6.45, 7) is 4.10. The molecule has 134 valence electrons. The van der Waals surface area contributed by atoms with Crippen LogP contribution in [0.1, 0.15) is 25.3 Å². The van der Waals surface area contributed by atoms with Crippen molar-refractivity contribution < 1.29 is 13.2 Å². The minimum Gasteiger partial charge on any atom is -0.496 e. The zero-order valence-electron chi connectivity index (χ0n) is 14.7. The maximum Gasteiger partial charge on any atom is 0.261 e. The van der Waals surface area contributed by atoms with Gasteiger partial charge in [0.1, 0.15) is 5.75 Å². The topological polar surface area (TPSA) is 58.6 Å². The third-order valence-electron chi connectivity index (χ3n) is 4.53. The second-order valence-electron chi connectivity index (χ2n) is 6.17. The Kier molecular flexibility index (Phi) is 5.18. The SMILES string of the molecule is CCc1cc(S(=O)(=O)Nc2ccc(N3CCCC3)cc2)ccc1OC. The zero-order valence-corrected chi connectivity index (χ0v) is 15.5. The van der Waals surface area contributed by atoms with Gasteiger partial charge in [-0.05, 0) is 67.3 Å². The van der Waals surface area contributed by atoms with Crippen LogP contribution in [0.2, 0.25) is 0 Å². The Morgan fingerprint density at radius 3 is 2.36 bits per heavy atom. The quantitative estimate of drug-likeness (QED) is 0.854. The minimum absolute atomic E-state index is 0.244. The molecule has 0 spiro atoms. The van der Waals surface area contributed by atoms with E-state index in [9.17, 15) is 8.42 Å². The molecule has 1 heterocycles. The van der Waals surface area contributed by atoms with Gasteiger partial charge in [0.15, 0.2) is 0 Å². The summed E-state index contributed by atoms with van der Waals surface area (Å²) in [5, 5.41) is 0. The molecule has 2 aromatic rings. The van der Waals surface area contributed by atoms with Crippen molar-refractivity contribution in [2.45, 2.75) is 31.1 Å². The Balaban J connectivity index is 1.79. The van der Waals surface area contributed by atoms with Gasteiger partial charge in [0.25, 0.3) is 10.0 Å². The van der Waals surface area contributed by atoms with Crippen molar-refractivity contribution in [2.24, 2.45) is 0 Å². The third-order valence-corrected chi connectivity index (χ3v) is 5.91. The lowest BCUT2D eigenvalue weighted by Gasteiger charge is -2.18. The molecule has 5 nitrogen and oxygen atoms in total. The first-order chi connectivity index (χ1) is 12.0. The van der Waals surface area contributed by atoms with Crippen LogP contribution < -0.4 is 14.4 Å². The number of ether oxygens (including phenoxy) is 1. The van der Waals surface area contributed by atoms with E-state index in [1.54, 1.807) is 25.3 Å². The van der Waals surface area contributed by atoms with E-state index in [1.165, 1.54) is 12.8 Å². The molecule has 0 radical (unpaired) electrons. The monoisotopic (exact) mass is 360 g/mol. The molecule has 0 saturated carbocycles. The van der Waals surface area contributed by atoms with Crippen molar-refractivity contribution in [1.29, 1.82) is 0 Å². The molecule has 25 heavy (non-hydrogen) atoms. The number of methoxy groups -OCH3 is 1. The van der Waals surface area contributed by atoms with E-state index in [0.717, 1.165) is 24.3 Å². The minimum atomic E-state index is -3.62. The van der Waals surface area contributed by atoms with Crippen molar-refractivity contribution >= 4 is 21.4 Å². The number of hydrogen-bond acceptors (Lipinski definition) is 4. The van der Waals surface area contributed by atoms with Gasteiger partial charge in [-0.2, -0.15) is 0 Å². The molecular weight excluding hydrogens is 336 g/mol. The fourth-order valence-corrected chi connectivity index (χ4v) is 4.24. The third kappa shape index (κ3) is 3.90. The Hall–Kier alpha value is -2.21. The number of anilines is 2. The molecule has 2 aromatic carbocycles. The number of sulfonamides is 1. The van der Waals surface area contributed by atoms with Crippen LogP contribution in [-0.4, -0.2) is 28.6 Å². The fourth-order valence-electron chi connectivity index (χ4n) is 3.13. The lowest BCUT2D eigenvalue weighted by molar-refractivity contribution is 0.409. The van der Waals surface area contributed by atoms with Crippen molar-refractivity contribution in [3.63, 3.8) is 0 Å². The van der Waals surface area contributed by atoms with Crippen LogP contribution >= 0.6 is 0 Å². The Morgan fingerprint density at radius 1 is 1.08 bits per heavy atom. The Labute approximate surface area is 149 Å². The molecule has 3 rings (SSSR count). The molecule has 1 saturated heterocycles. The van der Waals surface area contributed by atoms with Gasteiger partial charge in [-0.25, -0.2) is 8.42 Å². The molecule has 0 unspecified atom stereocenters. The predicted molar refractivity (Wildman–Crippen MR) is 101 cm³/mol. The number of aryl methyl sites for hydroxylation is 1. The average molecular weight is 360 g/mol. The summed E-state index contributed by atoms with van der Waals surface area (Å²) in [5.41, 5.74) is 2.57. The van der Waals surface area contributed by atoms with Crippen molar-refractivity contribution in [3.8, 4) is 5.75 Å². The van der Waals surface area contributed by atoms with Gasteiger partial charge in [0.2, 0.25) is 0 Å². The highest BCUT2D eigenvalue weighted by Crippen LogP contribution is 2.26. The summed E-state index contributed by atoms with van der Waals surface area (Å²) in [6.07, 6.45) is 3.13. The second kappa shape index (κ2) is 7.35. The highest BCUT2D eigenvalue weighted by Gasteiger charge is 2.17. The van der Waals surface area contributed by atoms with Crippen LogP contribution in [0.4, 0.5) is 11.4 Å². The van der Waals surface area contributed by atoms with Gasteiger partial charge >= 0.3 is 0 Å².